The zero-order chi connectivity index (χ0) is 13.8. The molecule has 1 aliphatic heterocycles. The predicted octanol–water partition coefficient (Wildman–Crippen LogP) is 2.22. The summed E-state index contributed by atoms with van der Waals surface area (Å²) in [6.45, 7) is 3.23. The molecule has 0 atom stereocenters. The van der Waals surface area contributed by atoms with Crippen LogP contribution in [0.25, 0.3) is 11.1 Å². The molecule has 0 bridgehead atoms. The lowest BCUT2D eigenvalue weighted by atomic mass is 10.1. The lowest BCUT2D eigenvalue weighted by molar-refractivity contribution is 0.0735. The van der Waals surface area contributed by atoms with E-state index in [1.807, 2.05) is 41.3 Å². The Labute approximate surface area is 130 Å². The minimum Gasteiger partial charge on any atom is -0.336 e. The summed E-state index contributed by atoms with van der Waals surface area (Å²) in [6.07, 6.45) is 3.45. The third kappa shape index (κ3) is 3.60. The number of benzene rings is 1. The highest BCUT2D eigenvalue weighted by Gasteiger charge is 2.18. The second-order valence-corrected chi connectivity index (χ2v) is 4.87. The van der Waals surface area contributed by atoms with Crippen molar-refractivity contribution < 1.29 is 4.79 Å². The van der Waals surface area contributed by atoms with E-state index in [-0.39, 0.29) is 18.3 Å². The molecule has 1 aliphatic rings. The molecule has 1 aromatic carbocycles. The quantitative estimate of drug-likeness (QED) is 0.925. The summed E-state index contributed by atoms with van der Waals surface area (Å²) in [5.74, 6) is 0.0665. The molecule has 1 aromatic heterocycles. The molecule has 0 aliphatic carbocycles. The molecule has 0 saturated carbocycles. The smallest absolute Gasteiger partial charge is 0.255 e. The first kappa shape index (κ1) is 15.5. The largest absolute Gasteiger partial charge is 0.336 e. The van der Waals surface area contributed by atoms with Crippen LogP contribution in [0, 0.1) is 0 Å². The number of aromatic nitrogens is 1. The fourth-order valence-corrected chi connectivity index (χ4v) is 2.40. The number of halogens is 1. The highest BCUT2D eigenvalue weighted by molar-refractivity contribution is 5.95. The second-order valence-electron chi connectivity index (χ2n) is 4.87. The molecule has 0 spiro atoms. The minimum atomic E-state index is 0. The van der Waals surface area contributed by atoms with Crippen molar-refractivity contribution in [2.75, 3.05) is 26.2 Å². The normalized spacial score (nSPS) is 14.4. The molecular weight excluding hydrogens is 286 g/mol. The molecule has 2 aromatic rings. The maximum Gasteiger partial charge on any atom is 0.255 e. The van der Waals surface area contributed by atoms with Gasteiger partial charge in [0.05, 0.1) is 5.56 Å². The number of amides is 1. The van der Waals surface area contributed by atoms with Crippen LogP contribution in [0.4, 0.5) is 0 Å². The first-order valence-corrected chi connectivity index (χ1v) is 6.85. The molecule has 4 nitrogen and oxygen atoms in total. The monoisotopic (exact) mass is 303 g/mol. The van der Waals surface area contributed by atoms with Crippen LogP contribution < -0.4 is 5.32 Å². The van der Waals surface area contributed by atoms with Gasteiger partial charge in [-0.15, -0.1) is 12.4 Å². The summed E-state index contributed by atoms with van der Waals surface area (Å²) in [5, 5.41) is 3.25. The van der Waals surface area contributed by atoms with Crippen molar-refractivity contribution >= 4 is 18.3 Å². The second kappa shape index (κ2) is 7.20. The average molecular weight is 304 g/mol. The van der Waals surface area contributed by atoms with Gasteiger partial charge in [-0.05, 0) is 11.6 Å². The number of rotatable bonds is 2. The van der Waals surface area contributed by atoms with Crippen molar-refractivity contribution in [3.8, 4) is 11.1 Å². The lowest BCUT2D eigenvalue weighted by Crippen LogP contribution is -2.46. The zero-order valence-electron chi connectivity index (χ0n) is 11.7. The number of nitrogens with one attached hydrogen (secondary N) is 1. The summed E-state index contributed by atoms with van der Waals surface area (Å²) in [6, 6.07) is 11.9. The van der Waals surface area contributed by atoms with Gasteiger partial charge in [0.25, 0.3) is 5.91 Å². The molecule has 1 amide bonds. The Morgan fingerprint density at radius 2 is 1.76 bits per heavy atom. The van der Waals surface area contributed by atoms with E-state index >= 15 is 0 Å². The van der Waals surface area contributed by atoms with E-state index in [9.17, 15) is 4.79 Å². The maximum atomic E-state index is 12.4. The fraction of sp³-hybridized carbons (Fsp3) is 0.250. The third-order valence-corrected chi connectivity index (χ3v) is 3.50. The molecule has 21 heavy (non-hydrogen) atoms. The molecule has 0 unspecified atom stereocenters. The topological polar surface area (TPSA) is 45.2 Å². The van der Waals surface area contributed by atoms with Crippen LogP contribution in [-0.4, -0.2) is 42.0 Å². The Morgan fingerprint density at radius 1 is 1.05 bits per heavy atom. The molecule has 0 radical (unpaired) electrons. The molecule has 2 heterocycles. The van der Waals surface area contributed by atoms with E-state index in [0.717, 1.165) is 37.3 Å². The van der Waals surface area contributed by atoms with Gasteiger partial charge in [-0.25, -0.2) is 0 Å². The molecule has 1 saturated heterocycles. The van der Waals surface area contributed by atoms with Gasteiger partial charge in [0, 0.05) is 44.1 Å². The van der Waals surface area contributed by atoms with E-state index in [4.69, 9.17) is 0 Å². The Bertz CT molecular complexity index is 597. The fourth-order valence-electron chi connectivity index (χ4n) is 2.40. The lowest BCUT2D eigenvalue weighted by Gasteiger charge is -2.27. The van der Waals surface area contributed by atoms with Gasteiger partial charge in [0.1, 0.15) is 0 Å². The van der Waals surface area contributed by atoms with Gasteiger partial charge in [-0.2, -0.15) is 0 Å². The zero-order valence-corrected chi connectivity index (χ0v) is 12.5. The van der Waals surface area contributed by atoms with Crippen LogP contribution in [0.5, 0.6) is 0 Å². The number of piperazine rings is 1. The standard InChI is InChI=1S/C16H17N3O.ClH/c20-16(19-8-6-17-7-9-19)15-10-14(11-18-12-15)13-4-2-1-3-5-13;/h1-5,10-12,17H,6-9H2;1H. The Morgan fingerprint density at radius 3 is 2.48 bits per heavy atom. The van der Waals surface area contributed by atoms with E-state index in [1.165, 1.54) is 0 Å². The highest BCUT2D eigenvalue weighted by atomic mass is 35.5. The van der Waals surface area contributed by atoms with Crippen LogP contribution in [-0.2, 0) is 0 Å². The number of nitrogens with zero attached hydrogens (tertiary/aromatic N) is 2. The first-order valence-electron chi connectivity index (χ1n) is 6.85. The van der Waals surface area contributed by atoms with Gasteiger partial charge in [0.2, 0.25) is 0 Å². The number of carbonyl (C=O) groups is 1. The van der Waals surface area contributed by atoms with Crippen molar-refractivity contribution in [3.05, 3.63) is 54.4 Å². The Hall–Kier alpha value is -1.91. The summed E-state index contributed by atoms with van der Waals surface area (Å²) >= 11 is 0. The maximum absolute atomic E-state index is 12.4. The molecule has 3 rings (SSSR count). The molecule has 110 valence electrons. The molecule has 5 heteroatoms. The number of pyridine rings is 1. The molecule has 1 N–H and O–H groups in total. The first-order chi connectivity index (χ1) is 9.84. The van der Waals surface area contributed by atoms with Gasteiger partial charge in [-0.1, -0.05) is 30.3 Å². The Kier molecular flexibility index (Phi) is 5.31. The van der Waals surface area contributed by atoms with Crippen LogP contribution >= 0.6 is 12.4 Å². The van der Waals surface area contributed by atoms with Gasteiger partial charge >= 0.3 is 0 Å². The van der Waals surface area contributed by atoms with Crippen LogP contribution in [0.2, 0.25) is 0 Å². The van der Waals surface area contributed by atoms with Gasteiger partial charge in [0.15, 0.2) is 0 Å². The van der Waals surface area contributed by atoms with Crippen molar-refractivity contribution in [3.63, 3.8) is 0 Å². The third-order valence-electron chi connectivity index (χ3n) is 3.50. The van der Waals surface area contributed by atoms with E-state index in [1.54, 1.807) is 12.4 Å². The highest BCUT2D eigenvalue weighted by Crippen LogP contribution is 2.19. The van der Waals surface area contributed by atoms with Gasteiger partial charge < -0.3 is 10.2 Å². The molecule has 1 fully saturated rings. The van der Waals surface area contributed by atoms with Gasteiger partial charge in [-0.3, -0.25) is 9.78 Å². The number of carbonyl (C=O) groups excluding carboxylic acids is 1. The average Bonchev–Trinajstić information content (AvgIpc) is 2.56. The minimum absolute atomic E-state index is 0. The van der Waals surface area contributed by atoms with Crippen LogP contribution in [0.3, 0.4) is 0 Å². The number of hydrogen-bond donors (Lipinski definition) is 1. The van der Waals surface area contributed by atoms with Crippen molar-refractivity contribution in [1.29, 1.82) is 0 Å². The van der Waals surface area contributed by atoms with Crippen molar-refractivity contribution in [2.24, 2.45) is 0 Å². The van der Waals surface area contributed by atoms with Crippen molar-refractivity contribution in [1.82, 2.24) is 15.2 Å². The summed E-state index contributed by atoms with van der Waals surface area (Å²) in [7, 11) is 0. The van der Waals surface area contributed by atoms with Crippen LogP contribution in [0.15, 0.2) is 48.8 Å². The predicted molar refractivity (Wildman–Crippen MR) is 85.7 cm³/mol. The van der Waals surface area contributed by atoms with E-state index in [0.29, 0.717) is 5.56 Å². The number of hydrogen-bond acceptors (Lipinski definition) is 3. The molecular formula is C16H18ClN3O. The summed E-state index contributed by atoms with van der Waals surface area (Å²) < 4.78 is 0. The van der Waals surface area contributed by atoms with E-state index in [2.05, 4.69) is 10.3 Å². The SMILES string of the molecule is Cl.O=C(c1cncc(-c2ccccc2)c1)N1CCNCC1. The Balaban J connectivity index is 0.00000161. The summed E-state index contributed by atoms with van der Waals surface area (Å²) in [5.41, 5.74) is 2.72. The van der Waals surface area contributed by atoms with Crippen LogP contribution in [0.1, 0.15) is 10.4 Å². The van der Waals surface area contributed by atoms with E-state index < -0.39 is 0 Å². The summed E-state index contributed by atoms with van der Waals surface area (Å²) in [4.78, 5) is 18.5. The van der Waals surface area contributed by atoms with Crippen molar-refractivity contribution in [2.45, 2.75) is 0 Å².